The van der Waals surface area contributed by atoms with Gasteiger partial charge in [-0.2, -0.15) is 0 Å². The Morgan fingerprint density at radius 2 is 2.07 bits per heavy atom. The first-order chi connectivity index (χ1) is 7.27. The lowest BCUT2D eigenvalue weighted by Gasteiger charge is -2.03. The number of hydrogen-bond donors (Lipinski definition) is 1. The fourth-order valence-corrected chi connectivity index (χ4v) is 1.74. The van der Waals surface area contributed by atoms with Crippen molar-refractivity contribution in [3.63, 3.8) is 0 Å². The molecule has 0 aromatic heterocycles. The average Bonchev–Trinajstić information content (AvgIpc) is 2.27. The molecule has 1 aromatic rings. The van der Waals surface area contributed by atoms with Gasteiger partial charge in [0.15, 0.2) is 0 Å². The highest BCUT2D eigenvalue weighted by Gasteiger charge is 2.05. The Hall–Kier alpha value is -1.00. The minimum absolute atomic E-state index is 0.0459. The van der Waals surface area contributed by atoms with Gasteiger partial charge in [-0.3, -0.25) is 0 Å². The quantitative estimate of drug-likeness (QED) is 0.615. The van der Waals surface area contributed by atoms with E-state index in [0.29, 0.717) is 5.56 Å². The summed E-state index contributed by atoms with van der Waals surface area (Å²) in [4.78, 5) is 12.5. The van der Waals surface area contributed by atoms with Gasteiger partial charge in [0.05, 0.1) is 12.2 Å². The van der Waals surface area contributed by atoms with Crippen molar-refractivity contribution < 1.29 is 14.6 Å². The molecule has 82 valence electrons. The summed E-state index contributed by atoms with van der Waals surface area (Å²) < 4.78 is 4.78. The van der Waals surface area contributed by atoms with E-state index in [9.17, 15) is 4.79 Å². The van der Waals surface area contributed by atoms with Crippen LogP contribution in [0.3, 0.4) is 0 Å². The topological polar surface area (TPSA) is 46.5 Å². The first-order valence-electron chi connectivity index (χ1n) is 4.78. The molecule has 15 heavy (non-hydrogen) atoms. The third kappa shape index (κ3) is 3.93. The van der Waals surface area contributed by atoms with Gasteiger partial charge in [-0.05, 0) is 30.0 Å². The highest BCUT2D eigenvalue weighted by molar-refractivity contribution is 7.99. The molecular weight excluding hydrogens is 212 g/mol. The number of ether oxygens (including phenoxy) is 1. The van der Waals surface area contributed by atoms with Crippen LogP contribution in [-0.2, 0) is 4.74 Å². The summed E-state index contributed by atoms with van der Waals surface area (Å²) in [6.45, 7) is 1.98. The predicted molar refractivity (Wildman–Crippen MR) is 60.2 cm³/mol. The van der Waals surface area contributed by atoms with Gasteiger partial charge in [-0.25, -0.2) is 4.79 Å². The highest BCUT2D eigenvalue weighted by atomic mass is 32.2. The monoisotopic (exact) mass is 226 g/mol. The molecule has 0 aliphatic heterocycles. The maximum Gasteiger partial charge on any atom is 0.338 e. The van der Waals surface area contributed by atoms with Gasteiger partial charge >= 0.3 is 5.97 Å². The Kier molecular flexibility index (Phi) is 5.21. The number of carbonyl (C=O) groups is 1. The molecule has 3 nitrogen and oxygen atoms in total. The SMILES string of the molecule is CCSc1ccc(C(=O)OCCO)cc1. The Morgan fingerprint density at radius 1 is 1.40 bits per heavy atom. The van der Waals surface area contributed by atoms with Crippen LogP contribution in [0.15, 0.2) is 29.2 Å². The molecule has 0 saturated carbocycles. The first kappa shape index (κ1) is 12.1. The molecule has 0 fully saturated rings. The molecule has 0 bridgehead atoms. The predicted octanol–water partition coefficient (Wildman–Crippen LogP) is 1.95. The second-order valence-corrected chi connectivity index (χ2v) is 4.15. The van der Waals surface area contributed by atoms with Gasteiger partial charge in [0.25, 0.3) is 0 Å². The molecule has 0 radical (unpaired) electrons. The average molecular weight is 226 g/mol. The fourth-order valence-electron chi connectivity index (χ4n) is 1.08. The summed E-state index contributed by atoms with van der Waals surface area (Å²) in [5, 5.41) is 8.50. The van der Waals surface area contributed by atoms with Crippen molar-refractivity contribution in [3.05, 3.63) is 29.8 Å². The summed E-state index contributed by atoms with van der Waals surface area (Å²) in [7, 11) is 0. The van der Waals surface area contributed by atoms with E-state index in [1.807, 2.05) is 12.1 Å². The number of rotatable bonds is 5. The van der Waals surface area contributed by atoms with Crippen molar-refractivity contribution in [2.45, 2.75) is 11.8 Å². The number of thioether (sulfide) groups is 1. The number of esters is 1. The lowest BCUT2D eigenvalue weighted by molar-refractivity contribution is 0.0433. The summed E-state index contributed by atoms with van der Waals surface area (Å²) in [5.41, 5.74) is 0.518. The third-order valence-electron chi connectivity index (χ3n) is 1.73. The first-order valence-corrected chi connectivity index (χ1v) is 5.77. The summed E-state index contributed by atoms with van der Waals surface area (Å²) >= 11 is 1.72. The molecule has 0 atom stereocenters. The number of hydrogen-bond acceptors (Lipinski definition) is 4. The molecule has 0 heterocycles. The maximum absolute atomic E-state index is 11.3. The molecule has 1 rings (SSSR count). The van der Waals surface area contributed by atoms with Crippen molar-refractivity contribution in [1.29, 1.82) is 0 Å². The van der Waals surface area contributed by atoms with Crippen molar-refractivity contribution >= 4 is 17.7 Å². The number of benzene rings is 1. The molecular formula is C11H14O3S. The van der Waals surface area contributed by atoms with E-state index in [1.54, 1.807) is 23.9 Å². The summed E-state index contributed by atoms with van der Waals surface area (Å²) in [6, 6.07) is 7.25. The lowest BCUT2D eigenvalue weighted by Crippen LogP contribution is -2.08. The zero-order valence-corrected chi connectivity index (χ0v) is 9.42. The van der Waals surface area contributed by atoms with Gasteiger partial charge in [-0.1, -0.05) is 6.92 Å². The van der Waals surface area contributed by atoms with Crippen LogP contribution < -0.4 is 0 Å². The van der Waals surface area contributed by atoms with E-state index < -0.39 is 5.97 Å². The molecule has 1 aromatic carbocycles. The zero-order valence-electron chi connectivity index (χ0n) is 8.60. The molecule has 0 aliphatic carbocycles. The van der Waals surface area contributed by atoms with Crippen LogP contribution in [0.1, 0.15) is 17.3 Å². The van der Waals surface area contributed by atoms with E-state index in [2.05, 4.69) is 6.92 Å². The number of aliphatic hydroxyl groups excluding tert-OH is 1. The molecule has 0 aliphatic rings. The van der Waals surface area contributed by atoms with Crippen LogP contribution in [0.25, 0.3) is 0 Å². The van der Waals surface area contributed by atoms with Crippen LogP contribution in [0.4, 0.5) is 0 Å². The van der Waals surface area contributed by atoms with Crippen LogP contribution in [-0.4, -0.2) is 30.0 Å². The summed E-state index contributed by atoms with van der Waals surface area (Å²) in [5.74, 6) is 0.617. The number of carbonyl (C=O) groups excluding carboxylic acids is 1. The van der Waals surface area contributed by atoms with Crippen LogP contribution >= 0.6 is 11.8 Å². The Balaban J connectivity index is 2.58. The second-order valence-electron chi connectivity index (χ2n) is 2.82. The van der Waals surface area contributed by atoms with Crippen molar-refractivity contribution in [3.8, 4) is 0 Å². The Labute approximate surface area is 93.4 Å². The van der Waals surface area contributed by atoms with Gasteiger partial charge < -0.3 is 9.84 Å². The molecule has 0 amide bonds. The molecule has 0 spiro atoms. The largest absolute Gasteiger partial charge is 0.460 e. The van der Waals surface area contributed by atoms with Crippen molar-refractivity contribution in [1.82, 2.24) is 0 Å². The minimum atomic E-state index is -0.392. The highest BCUT2D eigenvalue weighted by Crippen LogP contribution is 2.17. The van der Waals surface area contributed by atoms with E-state index in [0.717, 1.165) is 10.6 Å². The third-order valence-corrected chi connectivity index (χ3v) is 2.62. The Morgan fingerprint density at radius 3 is 2.60 bits per heavy atom. The van der Waals surface area contributed by atoms with E-state index in [1.165, 1.54) is 0 Å². The molecule has 4 heteroatoms. The fraction of sp³-hybridized carbons (Fsp3) is 0.364. The van der Waals surface area contributed by atoms with Gasteiger partial charge in [0.2, 0.25) is 0 Å². The lowest BCUT2D eigenvalue weighted by atomic mass is 10.2. The second kappa shape index (κ2) is 6.48. The van der Waals surface area contributed by atoms with Crippen molar-refractivity contribution in [2.75, 3.05) is 19.0 Å². The van der Waals surface area contributed by atoms with Crippen LogP contribution in [0.2, 0.25) is 0 Å². The maximum atomic E-state index is 11.3. The van der Waals surface area contributed by atoms with Crippen LogP contribution in [0.5, 0.6) is 0 Å². The zero-order chi connectivity index (χ0) is 11.1. The van der Waals surface area contributed by atoms with E-state index >= 15 is 0 Å². The molecule has 1 N–H and O–H groups in total. The van der Waals surface area contributed by atoms with Crippen molar-refractivity contribution in [2.24, 2.45) is 0 Å². The van der Waals surface area contributed by atoms with E-state index in [4.69, 9.17) is 9.84 Å². The smallest absolute Gasteiger partial charge is 0.338 e. The van der Waals surface area contributed by atoms with E-state index in [-0.39, 0.29) is 13.2 Å². The summed E-state index contributed by atoms with van der Waals surface area (Å²) in [6.07, 6.45) is 0. The number of aliphatic hydroxyl groups is 1. The van der Waals surface area contributed by atoms with Gasteiger partial charge in [0, 0.05) is 4.90 Å². The standard InChI is InChI=1S/C11H14O3S/c1-2-15-10-5-3-9(4-6-10)11(13)14-8-7-12/h3-6,12H,2,7-8H2,1H3. The Bertz CT molecular complexity index is 308. The van der Waals surface area contributed by atoms with Gasteiger partial charge in [0.1, 0.15) is 6.61 Å². The minimum Gasteiger partial charge on any atom is -0.460 e. The molecule has 0 saturated heterocycles. The van der Waals surface area contributed by atoms with Crippen LogP contribution in [0, 0.1) is 0 Å². The molecule has 0 unspecified atom stereocenters. The normalized spacial score (nSPS) is 10.0. The van der Waals surface area contributed by atoms with Gasteiger partial charge in [-0.15, -0.1) is 11.8 Å².